The van der Waals surface area contributed by atoms with Gasteiger partial charge in [0.2, 0.25) is 10.0 Å². The van der Waals surface area contributed by atoms with E-state index in [0.717, 1.165) is 18.9 Å². The number of benzene rings is 1. The number of aryl methyl sites for hydroxylation is 1. The number of sulfonamides is 1. The minimum absolute atomic E-state index is 0.0425. The zero-order valence-corrected chi connectivity index (χ0v) is 11.0. The molecule has 3 N–H and O–H groups in total. The highest BCUT2D eigenvalue weighted by molar-refractivity contribution is 7.89. The minimum Gasteiger partial charge on any atom is -0.329 e. The monoisotopic (exact) mass is 272 g/mol. The van der Waals surface area contributed by atoms with Crippen molar-refractivity contribution in [1.29, 1.82) is 0 Å². The number of hydrogen-bond donors (Lipinski definition) is 2. The molecule has 0 radical (unpaired) electrons. The topological polar surface area (TPSA) is 72.2 Å². The van der Waals surface area contributed by atoms with Crippen molar-refractivity contribution in [3.63, 3.8) is 0 Å². The van der Waals surface area contributed by atoms with Gasteiger partial charge >= 0.3 is 0 Å². The molecule has 0 aliphatic heterocycles. The second-order valence-corrected chi connectivity index (χ2v) is 6.48. The van der Waals surface area contributed by atoms with Crippen LogP contribution in [0.3, 0.4) is 0 Å². The molecular weight excluding hydrogens is 255 g/mol. The normalized spacial score (nSPS) is 17.7. The van der Waals surface area contributed by atoms with Gasteiger partial charge in [-0.25, -0.2) is 17.5 Å². The molecule has 0 heterocycles. The number of nitrogens with two attached hydrogens (primary N) is 1. The number of nitrogens with one attached hydrogen (secondary N) is 1. The second kappa shape index (κ2) is 4.95. The highest BCUT2D eigenvalue weighted by Gasteiger charge is 2.33. The molecule has 1 aliphatic rings. The van der Waals surface area contributed by atoms with Gasteiger partial charge in [0.05, 0.1) is 4.90 Å². The molecule has 1 aromatic rings. The van der Waals surface area contributed by atoms with Gasteiger partial charge in [-0.2, -0.15) is 0 Å². The summed E-state index contributed by atoms with van der Waals surface area (Å²) >= 11 is 0. The van der Waals surface area contributed by atoms with E-state index in [4.69, 9.17) is 5.73 Å². The third-order valence-corrected chi connectivity index (χ3v) is 4.55. The van der Waals surface area contributed by atoms with Crippen LogP contribution >= 0.6 is 0 Å². The zero-order chi connectivity index (χ0) is 13.3. The van der Waals surface area contributed by atoms with Crippen molar-refractivity contribution < 1.29 is 12.8 Å². The molecule has 1 saturated carbocycles. The number of rotatable bonds is 5. The summed E-state index contributed by atoms with van der Waals surface area (Å²) in [7, 11) is -3.69. The fraction of sp³-hybridized carbons (Fsp3) is 0.500. The van der Waals surface area contributed by atoms with E-state index in [1.54, 1.807) is 6.92 Å². The largest absolute Gasteiger partial charge is 0.329 e. The average molecular weight is 272 g/mol. The van der Waals surface area contributed by atoms with Gasteiger partial charge in [0.25, 0.3) is 0 Å². The van der Waals surface area contributed by atoms with Gasteiger partial charge in [-0.05, 0) is 49.4 Å². The first-order chi connectivity index (χ1) is 8.42. The highest BCUT2D eigenvalue weighted by atomic mass is 32.2. The first kappa shape index (κ1) is 13.5. The van der Waals surface area contributed by atoms with Crippen LogP contribution in [0.2, 0.25) is 0 Å². The Morgan fingerprint density at radius 2 is 2.11 bits per heavy atom. The molecule has 1 aromatic carbocycles. The summed E-state index contributed by atoms with van der Waals surface area (Å²) < 4.78 is 40.0. The predicted octanol–water partition coefficient (Wildman–Crippen LogP) is 1.15. The summed E-state index contributed by atoms with van der Waals surface area (Å²) in [6, 6.07) is 3.51. The van der Waals surface area contributed by atoms with Crippen molar-refractivity contribution in [3.8, 4) is 0 Å². The third kappa shape index (κ3) is 3.07. The Balaban J connectivity index is 2.23. The van der Waals surface area contributed by atoms with E-state index in [9.17, 15) is 12.8 Å². The summed E-state index contributed by atoms with van der Waals surface area (Å²) in [4.78, 5) is -0.0425. The van der Waals surface area contributed by atoms with Crippen molar-refractivity contribution in [2.45, 2.75) is 30.7 Å². The summed E-state index contributed by atoms with van der Waals surface area (Å²) in [5.74, 6) is -0.231. The SMILES string of the molecule is Cc1cc(F)cc(S(=O)(=O)N[C@H](CN)C2CC2)c1. The maximum Gasteiger partial charge on any atom is 0.240 e. The van der Waals surface area contributed by atoms with E-state index in [0.29, 0.717) is 11.5 Å². The first-order valence-electron chi connectivity index (χ1n) is 5.92. The summed E-state index contributed by atoms with van der Waals surface area (Å²) in [5.41, 5.74) is 6.13. The molecule has 0 saturated heterocycles. The van der Waals surface area contributed by atoms with Crippen LogP contribution in [0.15, 0.2) is 23.1 Å². The van der Waals surface area contributed by atoms with Gasteiger partial charge in [-0.15, -0.1) is 0 Å². The molecule has 4 nitrogen and oxygen atoms in total. The summed E-state index contributed by atoms with van der Waals surface area (Å²) in [6.07, 6.45) is 1.99. The Bertz CT molecular complexity index is 521. The molecule has 0 amide bonds. The molecule has 0 aromatic heterocycles. The lowest BCUT2D eigenvalue weighted by Gasteiger charge is -2.16. The maximum atomic E-state index is 13.2. The standard InChI is InChI=1S/C12H17FN2O2S/c1-8-4-10(13)6-11(5-8)18(16,17)15-12(7-14)9-2-3-9/h4-6,9,12,15H,2-3,7,14H2,1H3/t12-/m1/s1. The second-order valence-electron chi connectivity index (χ2n) is 4.77. The maximum absolute atomic E-state index is 13.2. The Hall–Kier alpha value is -0.980. The lowest BCUT2D eigenvalue weighted by molar-refractivity contribution is 0.518. The van der Waals surface area contributed by atoms with Crippen LogP contribution in [0.4, 0.5) is 4.39 Å². The molecule has 100 valence electrons. The smallest absolute Gasteiger partial charge is 0.240 e. The van der Waals surface area contributed by atoms with Crippen molar-refractivity contribution >= 4 is 10.0 Å². The fourth-order valence-electron chi connectivity index (χ4n) is 1.96. The predicted molar refractivity (Wildman–Crippen MR) is 67.0 cm³/mol. The van der Waals surface area contributed by atoms with Gasteiger partial charge in [0.15, 0.2) is 0 Å². The quantitative estimate of drug-likeness (QED) is 0.844. The van der Waals surface area contributed by atoms with Crippen molar-refractivity contribution in [2.75, 3.05) is 6.54 Å². The Labute approximate surface area is 106 Å². The molecule has 18 heavy (non-hydrogen) atoms. The Kier molecular flexibility index (Phi) is 3.70. The van der Waals surface area contributed by atoms with Gasteiger partial charge < -0.3 is 5.73 Å². The van der Waals surface area contributed by atoms with E-state index in [1.165, 1.54) is 12.1 Å². The van der Waals surface area contributed by atoms with Crippen molar-refractivity contribution in [2.24, 2.45) is 11.7 Å². The Morgan fingerprint density at radius 3 is 2.61 bits per heavy atom. The van der Waals surface area contributed by atoms with E-state index in [-0.39, 0.29) is 17.5 Å². The van der Waals surface area contributed by atoms with Crippen LogP contribution in [-0.2, 0) is 10.0 Å². The van der Waals surface area contributed by atoms with E-state index in [2.05, 4.69) is 4.72 Å². The Morgan fingerprint density at radius 1 is 1.44 bits per heavy atom. The van der Waals surface area contributed by atoms with Gasteiger partial charge in [0, 0.05) is 12.6 Å². The van der Waals surface area contributed by atoms with E-state index >= 15 is 0 Å². The fourth-order valence-corrected chi connectivity index (χ4v) is 3.39. The molecule has 1 atom stereocenters. The molecule has 0 spiro atoms. The third-order valence-electron chi connectivity index (χ3n) is 3.08. The van der Waals surface area contributed by atoms with E-state index in [1.807, 2.05) is 0 Å². The van der Waals surface area contributed by atoms with E-state index < -0.39 is 15.8 Å². The first-order valence-corrected chi connectivity index (χ1v) is 7.40. The number of hydrogen-bond acceptors (Lipinski definition) is 3. The lowest BCUT2D eigenvalue weighted by atomic mass is 10.2. The molecule has 0 bridgehead atoms. The zero-order valence-electron chi connectivity index (χ0n) is 10.2. The molecule has 1 aliphatic carbocycles. The number of halogens is 1. The molecular formula is C12H17FN2O2S. The van der Waals surface area contributed by atoms with Crippen LogP contribution in [0, 0.1) is 18.7 Å². The summed E-state index contributed by atoms with van der Waals surface area (Å²) in [6.45, 7) is 1.92. The van der Waals surface area contributed by atoms with Gasteiger partial charge in [-0.1, -0.05) is 0 Å². The van der Waals surface area contributed by atoms with Gasteiger partial charge in [-0.3, -0.25) is 0 Å². The molecule has 0 unspecified atom stereocenters. The summed E-state index contributed by atoms with van der Waals surface area (Å²) in [5, 5.41) is 0. The minimum atomic E-state index is -3.69. The van der Waals surface area contributed by atoms with Crippen LogP contribution < -0.4 is 10.5 Å². The van der Waals surface area contributed by atoms with Gasteiger partial charge in [0.1, 0.15) is 5.82 Å². The van der Waals surface area contributed by atoms with Crippen molar-refractivity contribution in [1.82, 2.24) is 4.72 Å². The highest BCUT2D eigenvalue weighted by Crippen LogP contribution is 2.32. The van der Waals surface area contributed by atoms with Crippen LogP contribution in [0.5, 0.6) is 0 Å². The van der Waals surface area contributed by atoms with Crippen LogP contribution in [-0.4, -0.2) is 21.0 Å². The molecule has 6 heteroatoms. The van der Waals surface area contributed by atoms with Crippen molar-refractivity contribution in [3.05, 3.63) is 29.6 Å². The van der Waals surface area contributed by atoms with Crippen LogP contribution in [0.25, 0.3) is 0 Å². The molecule has 1 fully saturated rings. The average Bonchev–Trinajstić information content (AvgIpc) is 3.08. The lowest BCUT2D eigenvalue weighted by Crippen LogP contribution is -2.41. The molecule has 2 rings (SSSR count). The van der Waals surface area contributed by atoms with Crippen LogP contribution in [0.1, 0.15) is 18.4 Å².